The molecule has 0 aliphatic carbocycles. The molecular formula is C25H21F5N2O. The number of carbonyl (C=O) groups is 1. The van der Waals surface area contributed by atoms with E-state index in [1.54, 1.807) is 23.1 Å². The first-order valence-electron chi connectivity index (χ1n) is 10.5. The third-order valence-corrected chi connectivity index (χ3v) is 5.78. The average molecular weight is 460 g/mol. The standard InChI is InChI=1S/C25H21F5N2O/c26-19-13-9-16(10-14-19)22-6-3-15-32(22)24(33)23(31-21-5-2-1-4-20(21)27)17-7-11-18(12-8-17)25(28,29)30/h1-2,4-5,7-14,22-23,31H,3,6,15H2. The highest BCUT2D eigenvalue weighted by molar-refractivity contribution is 5.87. The molecule has 1 aliphatic rings. The molecule has 172 valence electrons. The van der Waals surface area contributed by atoms with Gasteiger partial charge in [-0.3, -0.25) is 4.79 Å². The Kier molecular flexibility index (Phi) is 6.35. The van der Waals surface area contributed by atoms with Gasteiger partial charge in [-0.25, -0.2) is 8.78 Å². The maximum atomic E-state index is 14.3. The number of halogens is 5. The molecule has 0 aromatic heterocycles. The number of nitrogens with one attached hydrogen (secondary N) is 1. The van der Waals surface area contributed by atoms with E-state index in [9.17, 15) is 26.7 Å². The molecule has 3 aromatic rings. The van der Waals surface area contributed by atoms with Crippen molar-refractivity contribution in [2.75, 3.05) is 11.9 Å². The van der Waals surface area contributed by atoms with Crippen LogP contribution in [-0.4, -0.2) is 17.4 Å². The summed E-state index contributed by atoms with van der Waals surface area (Å²) in [6.45, 7) is 0.428. The highest BCUT2D eigenvalue weighted by Gasteiger charge is 2.36. The van der Waals surface area contributed by atoms with Crippen LogP contribution in [0.1, 0.15) is 41.6 Å². The second kappa shape index (κ2) is 9.21. The highest BCUT2D eigenvalue weighted by Crippen LogP contribution is 2.36. The van der Waals surface area contributed by atoms with E-state index in [1.165, 1.54) is 42.5 Å². The van der Waals surface area contributed by atoms with Gasteiger partial charge in [0.15, 0.2) is 0 Å². The van der Waals surface area contributed by atoms with E-state index in [-0.39, 0.29) is 17.3 Å². The van der Waals surface area contributed by atoms with Crippen LogP contribution in [-0.2, 0) is 11.0 Å². The highest BCUT2D eigenvalue weighted by atomic mass is 19.4. The number of anilines is 1. The molecule has 4 rings (SSSR count). The number of hydrogen-bond donors (Lipinski definition) is 1. The summed E-state index contributed by atoms with van der Waals surface area (Å²) in [5.74, 6) is -1.37. The topological polar surface area (TPSA) is 32.3 Å². The lowest BCUT2D eigenvalue weighted by Gasteiger charge is -2.30. The lowest BCUT2D eigenvalue weighted by Crippen LogP contribution is -2.37. The molecule has 1 N–H and O–H groups in total. The van der Waals surface area contributed by atoms with Gasteiger partial charge in [-0.05, 0) is 60.4 Å². The van der Waals surface area contributed by atoms with Gasteiger partial charge >= 0.3 is 6.18 Å². The van der Waals surface area contributed by atoms with Crippen molar-refractivity contribution in [3.05, 3.63) is 101 Å². The molecule has 1 saturated heterocycles. The minimum absolute atomic E-state index is 0.0632. The number of nitrogens with zero attached hydrogens (tertiary/aromatic N) is 1. The second-order valence-electron chi connectivity index (χ2n) is 7.92. The van der Waals surface area contributed by atoms with Crippen molar-refractivity contribution >= 4 is 11.6 Å². The zero-order chi connectivity index (χ0) is 23.6. The number of amides is 1. The SMILES string of the molecule is O=C(C(Nc1ccccc1F)c1ccc(C(F)(F)F)cc1)N1CCCC1c1ccc(F)cc1. The molecule has 1 aliphatic heterocycles. The van der Waals surface area contributed by atoms with Crippen molar-refractivity contribution in [2.24, 2.45) is 0 Å². The van der Waals surface area contributed by atoms with E-state index in [2.05, 4.69) is 5.32 Å². The van der Waals surface area contributed by atoms with E-state index in [0.717, 1.165) is 17.7 Å². The number of carbonyl (C=O) groups excluding carboxylic acids is 1. The molecule has 1 amide bonds. The van der Waals surface area contributed by atoms with Crippen LogP contribution in [0.3, 0.4) is 0 Å². The van der Waals surface area contributed by atoms with Crippen molar-refractivity contribution in [2.45, 2.75) is 31.1 Å². The molecule has 0 radical (unpaired) electrons. The monoisotopic (exact) mass is 460 g/mol. The predicted octanol–water partition coefficient (Wildman–Crippen LogP) is 6.50. The van der Waals surface area contributed by atoms with Crippen molar-refractivity contribution in [1.82, 2.24) is 4.90 Å². The minimum atomic E-state index is -4.51. The second-order valence-corrected chi connectivity index (χ2v) is 7.92. The molecule has 3 nitrogen and oxygen atoms in total. The Morgan fingerprint density at radius 1 is 0.939 bits per heavy atom. The maximum absolute atomic E-state index is 14.3. The zero-order valence-electron chi connectivity index (χ0n) is 17.4. The van der Waals surface area contributed by atoms with Crippen molar-refractivity contribution < 1.29 is 26.7 Å². The Labute approximate surface area is 187 Å². The molecule has 1 heterocycles. The Balaban J connectivity index is 1.68. The molecule has 33 heavy (non-hydrogen) atoms. The van der Waals surface area contributed by atoms with E-state index in [4.69, 9.17) is 0 Å². The zero-order valence-corrected chi connectivity index (χ0v) is 17.4. The molecule has 2 unspecified atom stereocenters. The van der Waals surface area contributed by atoms with Gasteiger partial charge in [0.05, 0.1) is 17.3 Å². The summed E-state index contributed by atoms with van der Waals surface area (Å²) in [6.07, 6.45) is -3.14. The Morgan fingerprint density at radius 2 is 1.61 bits per heavy atom. The van der Waals surface area contributed by atoms with Gasteiger partial charge in [-0.2, -0.15) is 13.2 Å². The number of para-hydroxylation sites is 1. The van der Waals surface area contributed by atoms with Gasteiger partial charge in [0, 0.05) is 6.54 Å². The van der Waals surface area contributed by atoms with E-state index >= 15 is 0 Å². The fourth-order valence-corrected chi connectivity index (χ4v) is 4.11. The minimum Gasteiger partial charge on any atom is -0.368 e. The van der Waals surface area contributed by atoms with E-state index in [1.807, 2.05) is 0 Å². The largest absolute Gasteiger partial charge is 0.416 e. The van der Waals surface area contributed by atoms with Crippen LogP contribution >= 0.6 is 0 Å². The van der Waals surface area contributed by atoms with Crippen LogP contribution in [0.5, 0.6) is 0 Å². The number of benzene rings is 3. The Hall–Kier alpha value is -3.42. The maximum Gasteiger partial charge on any atom is 0.416 e. The summed E-state index contributed by atoms with van der Waals surface area (Å²) in [6, 6.07) is 14.5. The quantitative estimate of drug-likeness (QED) is 0.441. The van der Waals surface area contributed by atoms with Gasteiger partial charge < -0.3 is 10.2 Å². The Morgan fingerprint density at radius 3 is 2.24 bits per heavy atom. The predicted molar refractivity (Wildman–Crippen MR) is 114 cm³/mol. The van der Waals surface area contributed by atoms with Crippen LogP contribution in [0.2, 0.25) is 0 Å². The fraction of sp³-hybridized carbons (Fsp3) is 0.240. The van der Waals surface area contributed by atoms with Crippen molar-refractivity contribution in [1.29, 1.82) is 0 Å². The van der Waals surface area contributed by atoms with Gasteiger partial charge in [0.25, 0.3) is 0 Å². The van der Waals surface area contributed by atoms with Crippen LogP contribution in [0.15, 0.2) is 72.8 Å². The lowest BCUT2D eigenvalue weighted by atomic mass is 10.0. The molecule has 1 fully saturated rings. The van der Waals surface area contributed by atoms with Gasteiger partial charge in [-0.1, -0.05) is 36.4 Å². The summed E-state index contributed by atoms with van der Waals surface area (Å²) in [7, 11) is 0. The molecule has 0 bridgehead atoms. The summed E-state index contributed by atoms with van der Waals surface area (Å²) < 4.78 is 66.8. The number of alkyl halides is 3. The van der Waals surface area contributed by atoms with Gasteiger partial charge in [-0.15, -0.1) is 0 Å². The summed E-state index contributed by atoms with van der Waals surface area (Å²) in [5, 5.41) is 2.87. The Bertz CT molecular complexity index is 1110. The molecular weight excluding hydrogens is 439 g/mol. The van der Waals surface area contributed by atoms with Crippen LogP contribution in [0.4, 0.5) is 27.6 Å². The average Bonchev–Trinajstić information content (AvgIpc) is 3.28. The number of rotatable bonds is 5. The number of likely N-dealkylation sites (tertiary alicyclic amines) is 1. The number of hydrogen-bond acceptors (Lipinski definition) is 2. The third-order valence-electron chi connectivity index (χ3n) is 5.78. The van der Waals surface area contributed by atoms with E-state index < -0.39 is 35.3 Å². The molecule has 8 heteroatoms. The first-order chi connectivity index (χ1) is 15.7. The van der Waals surface area contributed by atoms with Crippen molar-refractivity contribution in [3.63, 3.8) is 0 Å². The normalized spacial score (nSPS) is 17.1. The first kappa shape index (κ1) is 22.8. The van der Waals surface area contributed by atoms with Gasteiger partial charge in [0.1, 0.15) is 17.7 Å². The first-order valence-corrected chi connectivity index (χ1v) is 10.5. The van der Waals surface area contributed by atoms with E-state index in [0.29, 0.717) is 19.4 Å². The summed E-state index contributed by atoms with van der Waals surface area (Å²) >= 11 is 0. The molecule has 2 atom stereocenters. The lowest BCUT2D eigenvalue weighted by molar-refractivity contribution is -0.137. The smallest absolute Gasteiger partial charge is 0.368 e. The molecule has 0 spiro atoms. The van der Waals surface area contributed by atoms with Crippen LogP contribution < -0.4 is 5.32 Å². The summed E-state index contributed by atoms with van der Waals surface area (Å²) in [4.78, 5) is 15.3. The van der Waals surface area contributed by atoms with Crippen LogP contribution in [0, 0.1) is 11.6 Å². The van der Waals surface area contributed by atoms with Crippen molar-refractivity contribution in [3.8, 4) is 0 Å². The molecule has 3 aromatic carbocycles. The third kappa shape index (κ3) is 4.99. The fourth-order valence-electron chi connectivity index (χ4n) is 4.11. The van der Waals surface area contributed by atoms with Gasteiger partial charge in [0.2, 0.25) is 5.91 Å². The van der Waals surface area contributed by atoms with Crippen LogP contribution in [0.25, 0.3) is 0 Å². The summed E-state index contributed by atoms with van der Waals surface area (Å²) in [5.41, 5.74) is 0.266. The molecule has 0 saturated carbocycles.